The largest absolute Gasteiger partial charge is 0.444 e. The Balaban J connectivity index is 2.18. The van der Waals surface area contributed by atoms with Crippen molar-refractivity contribution in [1.82, 2.24) is 4.90 Å². The first-order valence-corrected chi connectivity index (χ1v) is 8.51. The standard InChI is InChI=1S/C17H20ClF3N2O4/c1-16(2,3)27-15(26)23-8-10(24)7-13(23)14(25)22-9-4-5-12(18)11(6-9)17(19,20)21/h4-6,10,13,24H,7-8H2,1-3H3,(H,22,25)/t10-,13+/m0/s1. The molecule has 1 heterocycles. The molecule has 1 fully saturated rings. The van der Waals surface area contributed by atoms with Gasteiger partial charge in [0.15, 0.2) is 0 Å². The van der Waals surface area contributed by atoms with E-state index in [-0.39, 0.29) is 18.7 Å². The van der Waals surface area contributed by atoms with Crippen molar-refractivity contribution >= 4 is 29.3 Å². The van der Waals surface area contributed by atoms with Crippen LogP contribution in [0.25, 0.3) is 0 Å². The summed E-state index contributed by atoms with van der Waals surface area (Å²) in [6.07, 6.45) is -6.45. The molecule has 1 aromatic carbocycles. The molecule has 27 heavy (non-hydrogen) atoms. The summed E-state index contributed by atoms with van der Waals surface area (Å²) < 4.78 is 44.0. The summed E-state index contributed by atoms with van der Waals surface area (Å²) in [6.45, 7) is 4.85. The number of hydrogen-bond acceptors (Lipinski definition) is 4. The van der Waals surface area contributed by atoms with E-state index in [4.69, 9.17) is 16.3 Å². The Labute approximate surface area is 159 Å². The number of hydrogen-bond donors (Lipinski definition) is 2. The minimum atomic E-state index is -4.68. The highest BCUT2D eigenvalue weighted by Gasteiger charge is 2.41. The highest BCUT2D eigenvalue weighted by molar-refractivity contribution is 6.31. The molecule has 0 saturated carbocycles. The lowest BCUT2D eigenvalue weighted by Crippen LogP contribution is -2.45. The van der Waals surface area contributed by atoms with Gasteiger partial charge in [-0.25, -0.2) is 4.79 Å². The summed E-state index contributed by atoms with van der Waals surface area (Å²) in [5.74, 6) is -0.729. The van der Waals surface area contributed by atoms with Gasteiger partial charge < -0.3 is 15.2 Å². The zero-order valence-electron chi connectivity index (χ0n) is 14.9. The Morgan fingerprint density at radius 1 is 1.30 bits per heavy atom. The third-order valence-electron chi connectivity index (χ3n) is 3.75. The van der Waals surface area contributed by atoms with Crippen molar-refractivity contribution in [2.75, 3.05) is 11.9 Å². The number of amides is 2. The second-order valence-corrected chi connectivity index (χ2v) is 7.63. The van der Waals surface area contributed by atoms with Crippen LogP contribution in [0, 0.1) is 0 Å². The highest BCUT2D eigenvalue weighted by Crippen LogP contribution is 2.36. The zero-order chi connectivity index (χ0) is 20.6. The molecule has 0 spiro atoms. The van der Waals surface area contributed by atoms with Gasteiger partial charge in [-0.2, -0.15) is 13.2 Å². The van der Waals surface area contributed by atoms with E-state index < -0.39 is 46.5 Å². The Bertz CT molecular complexity index is 734. The maximum Gasteiger partial charge on any atom is 0.417 e. The van der Waals surface area contributed by atoms with E-state index in [1.54, 1.807) is 20.8 Å². The number of halogens is 4. The van der Waals surface area contributed by atoms with Gasteiger partial charge >= 0.3 is 12.3 Å². The van der Waals surface area contributed by atoms with Gasteiger partial charge in [0.2, 0.25) is 5.91 Å². The Kier molecular flexibility index (Phi) is 5.96. The van der Waals surface area contributed by atoms with Gasteiger partial charge in [-0.15, -0.1) is 0 Å². The average Bonchev–Trinajstić information content (AvgIpc) is 2.88. The molecular weight excluding hydrogens is 389 g/mol. The first-order valence-electron chi connectivity index (χ1n) is 8.13. The quantitative estimate of drug-likeness (QED) is 0.782. The van der Waals surface area contributed by atoms with Crippen LogP contribution < -0.4 is 5.32 Å². The number of rotatable bonds is 2. The first kappa shape index (κ1) is 21.3. The second kappa shape index (κ2) is 7.55. The molecule has 2 amide bonds. The number of β-amino-alcohol motifs (C(OH)–C–C–N with tert-alkyl or cyclic N) is 1. The number of ether oxygens (including phenoxy) is 1. The molecule has 2 atom stereocenters. The van der Waals surface area contributed by atoms with Crippen molar-refractivity contribution in [3.63, 3.8) is 0 Å². The van der Waals surface area contributed by atoms with Gasteiger partial charge in [-0.05, 0) is 39.0 Å². The van der Waals surface area contributed by atoms with Crippen molar-refractivity contribution in [3.8, 4) is 0 Å². The van der Waals surface area contributed by atoms with Crippen LogP contribution in [0.5, 0.6) is 0 Å². The van der Waals surface area contributed by atoms with Crippen LogP contribution in [0.15, 0.2) is 18.2 Å². The molecule has 0 bridgehead atoms. The van der Waals surface area contributed by atoms with Crippen LogP contribution >= 0.6 is 11.6 Å². The van der Waals surface area contributed by atoms with Crippen molar-refractivity contribution in [1.29, 1.82) is 0 Å². The second-order valence-electron chi connectivity index (χ2n) is 7.22. The van der Waals surface area contributed by atoms with Gasteiger partial charge in [-0.1, -0.05) is 11.6 Å². The highest BCUT2D eigenvalue weighted by atomic mass is 35.5. The molecular formula is C17H20ClF3N2O4. The van der Waals surface area contributed by atoms with E-state index in [0.717, 1.165) is 11.0 Å². The van der Waals surface area contributed by atoms with Crippen LogP contribution in [-0.4, -0.2) is 46.3 Å². The number of anilines is 1. The van der Waals surface area contributed by atoms with E-state index in [0.29, 0.717) is 6.07 Å². The number of nitrogens with zero attached hydrogens (tertiary/aromatic N) is 1. The first-order chi connectivity index (χ1) is 12.3. The minimum absolute atomic E-state index is 0.0508. The van der Waals surface area contributed by atoms with Gasteiger partial charge in [-0.3, -0.25) is 9.69 Å². The minimum Gasteiger partial charge on any atom is -0.444 e. The Morgan fingerprint density at radius 2 is 1.93 bits per heavy atom. The summed E-state index contributed by atoms with van der Waals surface area (Å²) in [4.78, 5) is 25.8. The molecule has 2 rings (SSSR count). The lowest BCUT2D eigenvalue weighted by atomic mass is 10.1. The van der Waals surface area contributed by atoms with Gasteiger partial charge in [0.1, 0.15) is 11.6 Å². The maximum atomic E-state index is 12.9. The van der Waals surface area contributed by atoms with Gasteiger partial charge in [0.05, 0.1) is 23.2 Å². The normalized spacial score (nSPS) is 20.5. The molecule has 2 N–H and O–H groups in total. The molecule has 1 aromatic rings. The third-order valence-corrected chi connectivity index (χ3v) is 4.08. The summed E-state index contributed by atoms with van der Waals surface area (Å²) >= 11 is 5.55. The molecule has 0 unspecified atom stereocenters. The number of alkyl halides is 3. The number of carbonyl (C=O) groups excluding carboxylic acids is 2. The topological polar surface area (TPSA) is 78.9 Å². The number of likely N-dealkylation sites (tertiary alicyclic amines) is 1. The van der Waals surface area contributed by atoms with E-state index in [2.05, 4.69) is 5.32 Å². The summed E-state index contributed by atoms with van der Waals surface area (Å²) in [6, 6.07) is 1.89. The third kappa shape index (κ3) is 5.49. The molecule has 1 aliphatic rings. The molecule has 0 aliphatic carbocycles. The van der Waals surface area contributed by atoms with Crippen molar-refractivity contribution in [3.05, 3.63) is 28.8 Å². The van der Waals surface area contributed by atoms with Crippen molar-refractivity contribution in [2.45, 2.75) is 51.1 Å². The number of carbonyl (C=O) groups is 2. The SMILES string of the molecule is CC(C)(C)OC(=O)N1C[C@@H](O)C[C@@H]1C(=O)Nc1ccc(Cl)c(C(F)(F)F)c1. The maximum absolute atomic E-state index is 12.9. The van der Waals surface area contributed by atoms with Crippen LogP contribution in [0.2, 0.25) is 5.02 Å². The molecule has 150 valence electrons. The van der Waals surface area contributed by atoms with Crippen LogP contribution in [0.3, 0.4) is 0 Å². The van der Waals surface area contributed by atoms with Gasteiger partial charge in [0.25, 0.3) is 0 Å². The van der Waals surface area contributed by atoms with E-state index in [9.17, 15) is 27.9 Å². The predicted octanol–water partition coefficient (Wildman–Crippen LogP) is 3.67. The van der Waals surface area contributed by atoms with E-state index in [1.165, 1.54) is 6.07 Å². The lowest BCUT2D eigenvalue weighted by molar-refractivity contribution is -0.137. The van der Waals surface area contributed by atoms with Crippen molar-refractivity contribution < 1.29 is 32.6 Å². The molecule has 1 saturated heterocycles. The summed E-state index contributed by atoms with van der Waals surface area (Å²) in [5.41, 5.74) is -2.01. The molecule has 6 nitrogen and oxygen atoms in total. The van der Waals surface area contributed by atoms with E-state index >= 15 is 0 Å². The number of nitrogens with one attached hydrogen (secondary N) is 1. The monoisotopic (exact) mass is 408 g/mol. The lowest BCUT2D eigenvalue weighted by Gasteiger charge is -2.27. The predicted molar refractivity (Wildman–Crippen MR) is 92.4 cm³/mol. The zero-order valence-corrected chi connectivity index (χ0v) is 15.7. The molecule has 10 heteroatoms. The average molecular weight is 409 g/mol. The Morgan fingerprint density at radius 3 is 2.48 bits per heavy atom. The fraction of sp³-hybridized carbons (Fsp3) is 0.529. The van der Waals surface area contributed by atoms with Crippen LogP contribution in [0.1, 0.15) is 32.8 Å². The van der Waals surface area contributed by atoms with Crippen LogP contribution in [0.4, 0.5) is 23.7 Å². The summed E-state index contributed by atoms with van der Waals surface area (Å²) in [5, 5.41) is 11.7. The smallest absolute Gasteiger partial charge is 0.417 e. The number of benzene rings is 1. The fourth-order valence-electron chi connectivity index (χ4n) is 2.63. The Hall–Kier alpha value is -2.00. The molecule has 0 aromatic heterocycles. The molecule has 0 radical (unpaired) electrons. The van der Waals surface area contributed by atoms with E-state index in [1.807, 2.05) is 0 Å². The number of aliphatic hydroxyl groups is 1. The number of aliphatic hydroxyl groups excluding tert-OH is 1. The summed E-state index contributed by atoms with van der Waals surface area (Å²) in [7, 11) is 0. The van der Waals surface area contributed by atoms with Crippen molar-refractivity contribution in [2.24, 2.45) is 0 Å². The van der Waals surface area contributed by atoms with Crippen LogP contribution in [-0.2, 0) is 15.7 Å². The fourth-order valence-corrected chi connectivity index (χ4v) is 2.86. The van der Waals surface area contributed by atoms with Gasteiger partial charge in [0, 0.05) is 12.1 Å². The molecule has 1 aliphatic heterocycles.